The summed E-state index contributed by atoms with van der Waals surface area (Å²) in [5, 5.41) is 0.979. The van der Waals surface area contributed by atoms with E-state index in [4.69, 9.17) is 0 Å². The van der Waals surface area contributed by atoms with Gasteiger partial charge in [0.25, 0.3) is 0 Å². The third-order valence-electron chi connectivity index (χ3n) is 3.70. The molecule has 1 aliphatic rings. The molecule has 2 nitrogen and oxygen atoms in total. The molecule has 0 spiro atoms. The predicted octanol–water partition coefficient (Wildman–Crippen LogP) is 3.99. The third-order valence-corrected chi connectivity index (χ3v) is 3.70. The second kappa shape index (κ2) is 6.71. The fourth-order valence-corrected chi connectivity index (χ4v) is 2.61. The minimum absolute atomic E-state index is 0.183. The molecule has 0 saturated carbocycles. The van der Waals surface area contributed by atoms with Crippen LogP contribution in [0.2, 0.25) is 0 Å². The lowest BCUT2D eigenvalue weighted by Gasteiger charge is -2.01. The van der Waals surface area contributed by atoms with Gasteiger partial charge in [-0.2, -0.15) is 0 Å². The maximum Gasteiger partial charge on any atom is 0.123 e. The summed E-state index contributed by atoms with van der Waals surface area (Å²) in [6, 6.07) is 4.87. The summed E-state index contributed by atoms with van der Waals surface area (Å²) in [5.74, 6) is -0.183. The number of benzene rings is 1. The van der Waals surface area contributed by atoms with Crippen molar-refractivity contribution in [1.29, 1.82) is 0 Å². The summed E-state index contributed by atoms with van der Waals surface area (Å²) < 4.78 is 15.0. The Balaban J connectivity index is 0.000000205. The fraction of sp³-hybridized carbons (Fsp3) is 0.412. The van der Waals surface area contributed by atoms with Gasteiger partial charge in [0.2, 0.25) is 0 Å². The molecule has 0 radical (unpaired) electrons. The second-order valence-electron chi connectivity index (χ2n) is 5.43. The van der Waals surface area contributed by atoms with Crippen molar-refractivity contribution >= 4 is 10.9 Å². The molecule has 108 valence electrons. The standard InChI is InChI=1S/C12H12FN.C5H11N/c1-3-6-14-8-9(2)11-7-10(13)4-5-12(11)14;1-6-4-2-3-5-6/h3-5,7-8H,1,6H2,2H3;2-5H2,1H3. The van der Waals surface area contributed by atoms with Crippen LogP contribution in [0.1, 0.15) is 18.4 Å². The molecule has 2 aromatic rings. The molecule has 0 amide bonds. The molecule has 1 fully saturated rings. The Labute approximate surface area is 120 Å². The average molecular weight is 274 g/mol. The molecule has 1 aliphatic heterocycles. The van der Waals surface area contributed by atoms with E-state index in [-0.39, 0.29) is 5.82 Å². The number of aryl methyl sites for hydroxylation is 1. The first-order valence-corrected chi connectivity index (χ1v) is 7.16. The minimum Gasteiger partial charge on any atom is -0.343 e. The van der Waals surface area contributed by atoms with E-state index in [0.29, 0.717) is 0 Å². The number of allylic oxidation sites excluding steroid dienone is 1. The first kappa shape index (κ1) is 14.8. The Kier molecular flexibility index (Phi) is 4.96. The normalized spacial score (nSPS) is 15.2. The number of aromatic nitrogens is 1. The molecule has 3 rings (SSSR count). The Bertz CT molecular complexity index is 580. The molecule has 3 heteroatoms. The topological polar surface area (TPSA) is 8.17 Å². The molecular formula is C17H23FN2. The number of rotatable bonds is 2. The summed E-state index contributed by atoms with van der Waals surface area (Å²) in [4.78, 5) is 2.36. The van der Waals surface area contributed by atoms with Crippen LogP contribution in [0.15, 0.2) is 37.1 Å². The van der Waals surface area contributed by atoms with E-state index in [0.717, 1.165) is 23.0 Å². The zero-order valence-corrected chi connectivity index (χ0v) is 12.4. The first-order chi connectivity index (χ1) is 9.61. The van der Waals surface area contributed by atoms with Gasteiger partial charge in [0.15, 0.2) is 0 Å². The van der Waals surface area contributed by atoms with Gasteiger partial charge in [-0.1, -0.05) is 6.08 Å². The van der Waals surface area contributed by atoms with Gasteiger partial charge in [0, 0.05) is 23.6 Å². The highest BCUT2D eigenvalue weighted by Crippen LogP contribution is 2.21. The van der Waals surface area contributed by atoms with E-state index < -0.39 is 0 Å². The Morgan fingerprint density at radius 3 is 2.55 bits per heavy atom. The van der Waals surface area contributed by atoms with Crippen molar-refractivity contribution in [2.24, 2.45) is 0 Å². The molecule has 0 unspecified atom stereocenters. The van der Waals surface area contributed by atoms with Gasteiger partial charge in [0.05, 0.1) is 0 Å². The number of fused-ring (bicyclic) bond motifs is 1. The van der Waals surface area contributed by atoms with Crippen molar-refractivity contribution in [3.05, 3.63) is 48.4 Å². The van der Waals surface area contributed by atoms with Gasteiger partial charge in [-0.05, 0) is 63.7 Å². The van der Waals surface area contributed by atoms with E-state index in [1.807, 2.05) is 19.2 Å². The number of nitrogens with zero attached hydrogens (tertiary/aromatic N) is 2. The molecule has 0 aliphatic carbocycles. The SMILES string of the molecule is C=CCn1cc(C)c2cc(F)ccc21.CN1CCCC1. The van der Waals surface area contributed by atoms with Crippen molar-refractivity contribution in [3.63, 3.8) is 0 Å². The number of halogens is 1. The van der Waals surface area contributed by atoms with Crippen LogP contribution in [-0.4, -0.2) is 29.6 Å². The van der Waals surface area contributed by atoms with Crippen LogP contribution in [0, 0.1) is 12.7 Å². The smallest absolute Gasteiger partial charge is 0.123 e. The van der Waals surface area contributed by atoms with Crippen molar-refractivity contribution in [2.75, 3.05) is 20.1 Å². The van der Waals surface area contributed by atoms with E-state index >= 15 is 0 Å². The summed E-state index contributed by atoms with van der Waals surface area (Å²) >= 11 is 0. The molecule has 0 N–H and O–H groups in total. The van der Waals surface area contributed by atoms with Gasteiger partial charge in [-0.3, -0.25) is 0 Å². The number of hydrogen-bond donors (Lipinski definition) is 0. The summed E-state index contributed by atoms with van der Waals surface area (Å²) in [7, 11) is 2.17. The van der Waals surface area contributed by atoms with Crippen LogP contribution in [-0.2, 0) is 6.54 Å². The quantitative estimate of drug-likeness (QED) is 0.752. The molecule has 2 heterocycles. The summed E-state index contributed by atoms with van der Waals surface area (Å²) in [5.41, 5.74) is 2.16. The highest BCUT2D eigenvalue weighted by atomic mass is 19.1. The second-order valence-corrected chi connectivity index (χ2v) is 5.43. The van der Waals surface area contributed by atoms with Crippen LogP contribution >= 0.6 is 0 Å². The van der Waals surface area contributed by atoms with Crippen molar-refractivity contribution in [3.8, 4) is 0 Å². The van der Waals surface area contributed by atoms with Crippen molar-refractivity contribution in [2.45, 2.75) is 26.3 Å². The maximum absolute atomic E-state index is 13.0. The minimum atomic E-state index is -0.183. The van der Waals surface area contributed by atoms with Crippen LogP contribution in [0.4, 0.5) is 4.39 Å². The van der Waals surface area contributed by atoms with Crippen LogP contribution in [0.25, 0.3) is 10.9 Å². The molecule has 0 atom stereocenters. The molecule has 20 heavy (non-hydrogen) atoms. The third kappa shape index (κ3) is 3.48. The lowest BCUT2D eigenvalue weighted by atomic mass is 10.2. The molecule has 1 aromatic carbocycles. The van der Waals surface area contributed by atoms with Crippen LogP contribution in [0.3, 0.4) is 0 Å². The average Bonchev–Trinajstić information content (AvgIpc) is 3.00. The van der Waals surface area contributed by atoms with Crippen molar-refractivity contribution in [1.82, 2.24) is 9.47 Å². The maximum atomic E-state index is 13.0. The zero-order chi connectivity index (χ0) is 14.5. The lowest BCUT2D eigenvalue weighted by molar-refractivity contribution is 0.418. The van der Waals surface area contributed by atoms with Crippen LogP contribution < -0.4 is 0 Å². The van der Waals surface area contributed by atoms with Crippen LogP contribution in [0.5, 0.6) is 0 Å². The Morgan fingerprint density at radius 1 is 1.30 bits per heavy atom. The first-order valence-electron chi connectivity index (χ1n) is 7.16. The van der Waals surface area contributed by atoms with Crippen molar-refractivity contribution < 1.29 is 4.39 Å². The highest BCUT2D eigenvalue weighted by Gasteiger charge is 2.05. The Hall–Kier alpha value is -1.61. The molecule has 0 bridgehead atoms. The van der Waals surface area contributed by atoms with Gasteiger partial charge in [-0.15, -0.1) is 6.58 Å². The monoisotopic (exact) mass is 274 g/mol. The summed E-state index contributed by atoms with van der Waals surface area (Å²) in [6.07, 6.45) is 6.68. The summed E-state index contributed by atoms with van der Waals surface area (Å²) in [6.45, 7) is 9.08. The highest BCUT2D eigenvalue weighted by molar-refractivity contribution is 5.83. The van der Waals surface area contributed by atoms with E-state index in [1.165, 1.54) is 32.0 Å². The predicted molar refractivity (Wildman–Crippen MR) is 83.6 cm³/mol. The molecule has 1 saturated heterocycles. The number of likely N-dealkylation sites (tertiary alicyclic amines) is 1. The molecular weight excluding hydrogens is 251 g/mol. The fourth-order valence-electron chi connectivity index (χ4n) is 2.61. The zero-order valence-electron chi connectivity index (χ0n) is 12.4. The number of hydrogen-bond acceptors (Lipinski definition) is 1. The Morgan fingerprint density at radius 2 is 2.00 bits per heavy atom. The lowest BCUT2D eigenvalue weighted by Crippen LogP contribution is -2.10. The largest absolute Gasteiger partial charge is 0.343 e. The van der Waals surface area contributed by atoms with Gasteiger partial charge in [0.1, 0.15) is 5.82 Å². The van der Waals surface area contributed by atoms with E-state index in [1.54, 1.807) is 12.1 Å². The van der Waals surface area contributed by atoms with E-state index in [9.17, 15) is 4.39 Å². The van der Waals surface area contributed by atoms with Gasteiger partial charge < -0.3 is 9.47 Å². The van der Waals surface area contributed by atoms with Gasteiger partial charge in [-0.25, -0.2) is 4.39 Å². The van der Waals surface area contributed by atoms with Gasteiger partial charge >= 0.3 is 0 Å². The molecule has 1 aromatic heterocycles. The van der Waals surface area contributed by atoms with E-state index in [2.05, 4.69) is 23.1 Å².